The van der Waals surface area contributed by atoms with Gasteiger partial charge in [0.2, 0.25) is 5.13 Å². The SMILES string of the molecule is CCOC(=O)Cc1csc(N/N=C\c2cc(Cl)c(O)c(OC)c2)n1. The van der Waals surface area contributed by atoms with Crippen LogP contribution in [0, 0.1) is 0 Å². The number of hydrazone groups is 1. The van der Waals surface area contributed by atoms with Crippen molar-refractivity contribution in [3.63, 3.8) is 0 Å². The highest BCUT2D eigenvalue weighted by atomic mass is 35.5. The summed E-state index contributed by atoms with van der Waals surface area (Å²) >= 11 is 7.23. The van der Waals surface area contributed by atoms with Gasteiger partial charge in [-0.2, -0.15) is 5.10 Å². The zero-order valence-electron chi connectivity index (χ0n) is 13.1. The van der Waals surface area contributed by atoms with Gasteiger partial charge < -0.3 is 14.6 Å². The van der Waals surface area contributed by atoms with Crippen LogP contribution in [0.25, 0.3) is 0 Å². The first-order chi connectivity index (χ1) is 11.5. The summed E-state index contributed by atoms with van der Waals surface area (Å²) in [5.74, 6) is -0.175. The highest BCUT2D eigenvalue weighted by Crippen LogP contribution is 2.34. The Bertz CT molecular complexity index is 748. The minimum absolute atomic E-state index is 0.118. The molecular formula is C15H16ClN3O4S. The largest absolute Gasteiger partial charge is 0.503 e. The van der Waals surface area contributed by atoms with Crippen LogP contribution in [0.1, 0.15) is 18.2 Å². The standard InChI is InChI=1S/C15H16ClN3O4S/c1-3-23-13(20)6-10-8-24-15(18-10)19-17-7-9-4-11(16)14(21)12(5-9)22-2/h4-5,7-8,21H,3,6H2,1-2H3,(H,18,19)/b17-7-. The number of nitrogens with one attached hydrogen (secondary N) is 1. The van der Waals surface area contributed by atoms with E-state index in [9.17, 15) is 9.90 Å². The van der Waals surface area contributed by atoms with E-state index in [2.05, 4.69) is 15.5 Å². The number of hydrogen-bond donors (Lipinski definition) is 2. The number of aromatic nitrogens is 1. The lowest BCUT2D eigenvalue weighted by Crippen LogP contribution is -2.07. The monoisotopic (exact) mass is 369 g/mol. The highest BCUT2D eigenvalue weighted by Gasteiger charge is 2.09. The van der Waals surface area contributed by atoms with Crippen molar-refractivity contribution in [2.45, 2.75) is 13.3 Å². The number of methoxy groups -OCH3 is 1. The molecule has 2 aromatic rings. The number of halogens is 1. The lowest BCUT2D eigenvalue weighted by Gasteiger charge is -2.05. The topological polar surface area (TPSA) is 93.0 Å². The molecule has 1 aromatic heterocycles. The number of anilines is 1. The molecule has 0 aliphatic heterocycles. The van der Waals surface area contributed by atoms with Crippen LogP contribution < -0.4 is 10.2 Å². The quantitative estimate of drug-likeness (QED) is 0.442. The van der Waals surface area contributed by atoms with E-state index in [1.54, 1.807) is 24.4 Å². The third-order valence-corrected chi connectivity index (χ3v) is 3.91. The third kappa shape index (κ3) is 4.84. The molecule has 0 amide bonds. The van der Waals surface area contributed by atoms with Crippen LogP contribution in [0.5, 0.6) is 11.5 Å². The van der Waals surface area contributed by atoms with E-state index < -0.39 is 0 Å². The Morgan fingerprint density at radius 1 is 1.54 bits per heavy atom. The van der Waals surface area contributed by atoms with Gasteiger partial charge in [0.1, 0.15) is 0 Å². The van der Waals surface area contributed by atoms with Crippen LogP contribution in [0.4, 0.5) is 5.13 Å². The van der Waals surface area contributed by atoms with E-state index >= 15 is 0 Å². The molecule has 0 saturated heterocycles. The van der Waals surface area contributed by atoms with Crippen molar-refractivity contribution in [2.75, 3.05) is 19.1 Å². The number of esters is 1. The molecule has 0 saturated carbocycles. The van der Waals surface area contributed by atoms with Crippen LogP contribution in [0.15, 0.2) is 22.6 Å². The number of hydrogen-bond acceptors (Lipinski definition) is 8. The second-order valence-electron chi connectivity index (χ2n) is 4.55. The van der Waals surface area contributed by atoms with E-state index in [4.69, 9.17) is 21.1 Å². The average molecular weight is 370 g/mol. The Morgan fingerprint density at radius 3 is 3.04 bits per heavy atom. The second kappa shape index (κ2) is 8.51. The number of phenols is 1. The van der Waals surface area contributed by atoms with Gasteiger partial charge in [0, 0.05) is 5.38 Å². The van der Waals surface area contributed by atoms with Gasteiger partial charge in [-0.15, -0.1) is 11.3 Å². The minimum atomic E-state index is -0.316. The predicted octanol–water partition coefficient (Wildman–Crippen LogP) is 3.06. The summed E-state index contributed by atoms with van der Waals surface area (Å²) < 4.78 is 9.89. The van der Waals surface area contributed by atoms with Gasteiger partial charge in [-0.25, -0.2) is 4.98 Å². The minimum Gasteiger partial charge on any atom is -0.503 e. The predicted molar refractivity (Wildman–Crippen MR) is 93.3 cm³/mol. The molecule has 0 bridgehead atoms. The van der Waals surface area contributed by atoms with Gasteiger partial charge in [-0.05, 0) is 24.6 Å². The van der Waals surface area contributed by atoms with Crippen LogP contribution in [0.2, 0.25) is 5.02 Å². The number of benzene rings is 1. The normalized spacial score (nSPS) is 10.8. The number of phenolic OH excluding ortho intramolecular Hbond substituents is 1. The van der Waals surface area contributed by atoms with Gasteiger partial charge in [-0.3, -0.25) is 10.2 Å². The van der Waals surface area contributed by atoms with Gasteiger partial charge in [0.05, 0.1) is 37.1 Å². The summed E-state index contributed by atoms with van der Waals surface area (Å²) in [7, 11) is 1.44. The van der Waals surface area contributed by atoms with Crippen molar-refractivity contribution in [2.24, 2.45) is 5.10 Å². The Labute approximate surface area is 147 Å². The lowest BCUT2D eigenvalue weighted by atomic mass is 10.2. The maximum absolute atomic E-state index is 11.4. The van der Waals surface area contributed by atoms with Gasteiger partial charge in [0.15, 0.2) is 11.5 Å². The number of thiazole rings is 1. The van der Waals surface area contributed by atoms with Crippen LogP contribution in [0.3, 0.4) is 0 Å². The number of ether oxygens (including phenoxy) is 2. The maximum Gasteiger partial charge on any atom is 0.311 e. The zero-order chi connectivity index (χ0) is 17.5. The molecule has 2 rings (SSSR count). The molecule has 0 spiro atoms. The summed E-state index contributed by atoms with van der Waals surface area (Å²) in [6.45, 7) is 2.10. The van der Waals surface area contributed by atoms with Crippen molar-refractivity contribution in [3.05, 3.63) is 33.8 Å². The van der Waals surface area contributed by atoms with Gasteiger partial charge in [0.25, 0.3) is 0 Å². The number of aromatic hydroxyl groups is 1. The lowest BCUT2D eigenvalue weighted by molar-refractivity contribution is -0.142. The molecule has 9 heteroatoms. The van der Waals surface area contributed by atoms with Gasteiger partial charge >= 0.3 is 5.97 Å². The summed E-state index contributed by atoms with van der Waals surface area (Å²) in [6.07, 6.45) is 1.64. The summed E-state index contributed by atoms with van der Waals surface area (Å²) in [5.41, 5.74) is 4.03. The van der Waals surface area contributed by atoms with E-state index in [0.29, 0.717) is 23.0 Å². The van der Waals surface area contributed by atoms with Crippen molar-refractivity contribution in [1.29, 1.82) is 0 Å². The first-order valence-electron chi connectivity index (χ1n) is 6.99. The number of rotatable bonds is 7. The summed E-state index contributed by atoms with van der Waals surface area (Å²) in [4.78, 5) is 15.6. The average Bonchev–Trinajstić information content (AvgIpc) is 2.98. The third-order valence-electron chi connectivity index (χ3n) is 2.83. The number of carbonyl (C=O) groups is 1. The van der Waals surface area contributed by atoms with Crippen molar-refractivity contribution in [1.82, 2.24) is 4.98 Å². The molecule has 7 nitrogen and oxygen atoms in total. The molecule has 1 aromatic carbocycles. The van der Waals surface area contributed by atoms with Crippen LogP contribution >= 0.6 is 22.9 Å². The summed E-state index contributed by atoms with van der Waals surface area (Å²) in [6, 6.07) is 3.15. The molecule has 24 heavy (non-hydrogen) atoms. The highest BCUT2D eigenvalue weighted by molar-refractivity contribution is 7.13. The molecule has 0 unspecified atom stereocenters. The summed E-state index contributed by atoms with van der Waals surface area (Å²) in [5, 5.41) is 16.2. The van der Waals surface area contributed by atoms with E-state index in [-0.39, 0.29) is 28.9 Å². The molecule has 0 radical (unpaired) electrons. The van der Waals surface area contributed by atoms with Crippen LogP contribution in [-0.2, 0) is 16.0 Å². The molecule has 128 valence electrons. The number of carbonyl (C=O) groups excluding carboxylic acids is 1. The Kier molecular flexibility index (Phi) is 6.39. The van der Waals surface area contributed by atoms with E-state index in [1.807, 2.05) is 0 Å². The second-order valence-corrected chi connectivity index (χ2v) is 5.81. The first kappa shape index (κ1) is 18.0. The fourth-order valence-corrected chi connectivity index (χ4v) is 2.66. The maximum atomic E-state index is 11.4. The number of nitrogens with zero attached hydrogens (tertiary/aromatic N) is 2. The first-order valence-corrected chi connectivity index (χ1v) is 8.24. The Balaban J connectivity index is 1.98. The zero-order valence-corrected chi connectivity index (χ0v) is 14.6. The smallest absolute Gasteiger partial charge is 0.311 e. The van der Waals surface area contributed by atoms with Crippen molar-refractivity contribution in [3.8, 4) is 11.5 Å². The molecule has 0 aliphatic carbocycles. The molecule has 1 heterocycles. The molecule has 0 fully saturated rings. The van der Waals surface area contributed by atoms with E-state index in [1.165, 1.54) is 24.7 Å². The van der Waals surface area contributed by atoms with Crippen molar-refractivity contribution < 1.29 is 19.4 Å². The van der Waals surface area contributed by atoms with Gasteiger partial charge in [-0.1, -0.05) is 11.6 Å². The fourth-order valence-electron chi connectivity index (χ4n) is 1.79. The Hall–Kier alpha value is -2.32. The molecule has 2 N–H and O–H groups in total. The van der Waals surface area contributed by atoms with Crippen LogP contribution in [-0.4, -0.2) is 36.0 Å². The molecule has 0 aliphatic rings. The van der Waals surface area contributed by atoms with Crippen molar-refractivity contribution >= 4 is 40.3 Å². The molecule has 0 atom stereocenters. The Morgan fingerprint density at radius 2 is 2.33 bits per heavy atom. The fraction of sp³-hybridized carbons (Fsp3) is 0.267. The van der Waals surface area contributed by atoms with E-state index in [0.717, 1.165) is 0 Å². The molecular weight excluding hydrogens is 354 g/mol.